The first-order valence-corrected chi connectivity index (χ1v) is 13.8. The molecule has 0 aromatic heterocycles. The molecule has 0 spiro atoms. The van der Waals surface area contributed by atoms with Crippen molar-refractivity contribution >= 4 is 11.9 Å². The predicted molar refractivity (Wildman–Crippen MR) is 151 cm³/mol. The van der Waals surface area contributed by atoms with Crippen LogP contribution in [0.2, 0.25) is 0 Å². The molecule has 0 amide bonds. The summed E-state index contributed by atoms with van der Waals surface area (Å²) in [4.78, 5) is 22.0. The number of aliphatic carboxylic acids is 1. The maximum absolute atomic E-state index is 11.1. The maximum Gasteiger partial charge on any atom is 0.335 e. The number of aromatic carboxylic acids is 1. The average molecular weight is 517 g/mol. The van der Waals surface area contributed by atoms with Crippen LogP contribution in [0.5, 0.6) is 5.75 Å². The maximum atomic E-state index is 11.1. The van der Waals surface area contributed by atoms with Crippen LogP contribution in [-0.2, 0) is 24.1 Å². The van der Waals surface area contributed by atoms with Gasteiger partial charge in [0, 0.05) is 6.42 Å². The van der Waals surface area contributed by atoms with Gasteiger partial charge in [0.1, 0.15) is 5.75 Å². The lowest BCUT2D eigenvalue weighted by Crippen LogP contribution is -2.07. The lowest BCUT2D eigenvalue weighted by molar-refractivity contribution is -0.137. The molecule has 0 aliphatic carbocycles. The van der Waals surface area contributed by atoms with E-state index in [-0.39, 0.29) is 6.42 Å². The highest BCUT2D eigenvalue weighted by molar-refractivity contribution is 5.87. The molecule has 0 heterocycles. The number of carboxylic acid groups (broad SMARTS) is 2. The first-order chi connectivity index (χ1) is 18.5. The van der Waals surface area contributed by atoms with Gasteiger partial charge >= 0.3 is 11.9 Å². The number of carboxylic acids is 2. The van der Waals surface area contributed by atoms with Gasteiger partial charge in [0.25, 0.3) is 0 Å². The Hall–Kier alpha value is -3.60. The third kappa shape index (κ3) is 11.2. The first-order valence-electron chi connectivity index (χ1n) is 13.8. The molecule has 5 heteroatoms. The Bertz CT molecular complexity index is 1110. The Balaban J connectivity index is 1.44. The van der Waals surface area contributed by atoms with E-state index in [9.17, 15) is 9.59 Å². The van der Waals surface area contributed by atoms with Crippen LogP contribution in [0.25, 0.3) is 0 Å². The van der Waals surface area contributed by atoms with Crippen LogP contribution in [0, 0.1) is 5.92 Å². The quantitative estimate of drug-likeness (QED) is 0.170. The van der Waals surface area contributed by atoms with Gasteiger partial charge in [-0.05, 0) is 98.2 Å². The van der Waals surface area contributed by atoms with E-state index in [2.05, 4.69) is 42.5 Å². The van der Waals surface area contributed by atoms with Gasteiger partial charge in [-0.15, -0.1) is 0 Å². The Kier molecular flexibility index (Phi) is 12.4. The Morgan fingerprint density at radius 2 is 1.39 bits per heavy atom. The molecule has 2 N–H and O–H groups in total. The summed E-state index contributed by atoms with van der Waals surface area (Å²) in [5.41, 5.74) is 4.06. The van der Waals surface area contributed by atoms with Crippen LogP contribution in [0.3, 0.4) is 0 Å². The molecule has 202 valence electrons. The van der Waals surface area contributed by atoms with Gasteiger partial charge in [0.15, 0.2) is 0 Å². The molecule has 5 nitrogen and oxygen atoms in total. The monoisotopic (exact) mass is 516 g/mol. The topological polar surface area (TPSA) is 83.8 Å². The summed E-state index contributed by atoms with van der Waals surface area (Å²) in [6, 6.07) is 26.0. The summed E-state index contributed by atoms with van der Waals surface area (Å²) >= 11 is 0. The van der Waals surface area contributed by atoms with E-state index in [1.807, 2.05) is 24.3 Å². The summed E-state index contributed by atoms with van der Waals surface area (Å²) < 4.78 is 6.01. The van der Waals surface area contributed by atoms with E-state index in [0.717, 1.165) is 75.7 Å². The minimum Gasteiger partial charge on any atom is -0.494 e. The second-order valence-electron chi connectivity index (χ2n) is 10.0. The van der Waals surface area contributed by atoms with Crippen LogP contribution in [0.15, 0.2) is 78.9 Å². The van der Waals surface area contributed by atoms with E-state index in [1.165, 1.54) is 11.1 Å². The summed E-state index contributed by atoms with van der Waals surface area (Å²) in [5, 5.41) is 18.1. The Morgan fingerprint density at radius 3 is 2.13 bits per heavy atom. The number of aryl methyl sites for hydroxylation is 2. The van der Waals surface area contributed by atoms with Crippen molar-refractivity contribution in [2.45, 2.75) is 70.6 Å². The molecule has 1 unspecified atom stereocenters. The lowest BCUT2D eigenvalue weighted by Gasteiger charge is -2.17. The van der Waals surface area contributed by atoms with Gasteiger partial charge in [-0.1, -0.05) is 67.4 Å². The number of rotatable bonds is 18. The number of hydrogen-bond donors (Lipinski definition) is 2. The molecular formula is C33H40O5. The lowest BCUT2D eigenvalue weighted by atomic mass is 9.88. The SMILES string of the molecule is O=C(O)CCCCC(CCCc1cccc(OCCCCc2ccccc2)c1)Cc1ccc(C(=O)O)cc1. The largest absolute Gasteiger partial charge is 0.494 e. The van der Waals surface area contributed by atoms with Crippen LogP contribution in [0.1, 0.15) is 78.4 Å². The number of benzene rings is 3. The van der Waals surface area contributed by atoms with Gasteiger partial charge in [-0.25, -0.2) is 4.79 Å². The zero-order valence-corrected chi connectivity index (χ0v) is 22.2. The minimum atomic E-state index is -0.917. The van der Waals surface area contributed by atoms with Crippen molar-refractivity contribution in [2.24, 2.45) is 5.92 Å². The number of hydrogen-bond acceptors (Lipinski definition) is 3. The highest BCUT2D eigenvalue weighted by Gasteiger charge is 2.12. The summed E-state index contributed by atoms with van der Waals surface area (Å²) in [6.45, 7) is 0.718. The molecule has 3 rings (SSSR count). The normalized spacial score (nSPS) is 11.7. The highest BCUT2D eigenvalue weighted by Crippen LogP contribution is 2.23. The molecule has 3 aromatic carbocycles. The Morgan fingerprint density at radius 1 is 0.684 bits per heavy atom. The number of ether oxygens (including phenoxy) is 1. The highest BCUT2D eigenvalue weighted by atomic mass is 16.5. The smallest absolute Gasteiger partial charge is 0.335 e. The van der Waals surface area contributed by atoms with Crippen LogP contribution < -0.4 is 4.74 Å². The van der Waals surface area contributed by atoms with Gasteiger partial charge in [0.05, 0.1) is 12.2 Å². The molecule has 1 atom stereocenters. The molecule has 0 radical (unpaired) electrons. The third-order valence-corrected chi connectivity index (χ3v) is 6.93. The molecule has 0 saturated heterocycles. The average Bonchev–Trinajstić information content (AvgIpc) is 2.92. The fraction of sp³-hybridized carbons (Fsp3) is 0.394. The fourth-order valence-corrected chi connectivity index (χ4v) is 4.83. The van der Waals surface area contributed by atoms with E-state index >= 15 is 0 Å². The Labute approximate surface area is 226 Å². The van der Waals surface area contributed by atoms with Crippen molar-refractivity contribution in [1.82, 2.24) is 0 Å². The van der Waals surface area contributed by atoms with Gasteiger partial charge in [-0.3, -0.25) is 4.79 Å². The predicted octanol–water partition coefficient (Wildman–Crippen LogP) is 7.61. The zero-order chi connectivity index (χ0) is 27.0. The minimum absolute atomic E-state index is 0.207. The molecule has 3 aromatic rings. The van der Waals surface area contributed by atoms with Crippen LogP contribution in [0.4, 0.5) is 0 Å². The van der Waals surface area contributed by atoms with Crippen molar-refractivity contribution in [2.75, 3.05) is 6.61 Å². The second kappa shape index (κ2) is 16.3. The number of carbonyl (C=O) groups is 2. The zero-order valence-electron chi connectivity index (χ0n) is 22.2. The van der Waals surface area contributed by atoms with Crippen molar-refractivity contribution in [1.29, 1.82) is 0 Å². The second-order valence-corrected chi connectivity index (χ2v) is 10.0. The van der Waals surface area contributed by atoms with Crippen molar-refractivity contribution in [3.05, 3.63) is 101 Å². The summed E-state index contributed by atoms with van der Waals surface area (Å²) in [5.74, 6) is -0.307. The molecule has 38 heavy (non-hydrogen) atoms. The fourth-order valence-electron chi connectivity index (χ4n) is 4.83. The van der Waals surface area contributed by atoms with Crippen LogP contribution >= 0.6 is 0 Å². The van der Waals surface area contributed by atoms with E-state index in [1.54, 1.807) is 12.1 Å². The molecule has 0 bridgehead atoms. The third-order valence-electron chi connectivity index (χ3n) is 6.93. The van der Waals surface area contributed by atoms with E-state index < -0.39 is 11.9 Å². The van der Waals surface area contributed by atoms with Gasteiger partial charge < -0.3 is 14.9 Å². The molecule has 0 fully saturated rings. The van der Waals surface area contributed by atoms with Crippen molar-refractivity contribution < 1.29 is 24.5 Å². The first kappa shape index (κ1) is 29.0. The molecule has 0 saturated carbocycles. The van der Waals surface area contributed by atoms with E-state index in [0.29, 0.717) is 17.9 Å². The molecular weight excluding hydrogens is 476 g/mol. The molecule has 0 aliphatic heterocycles. The summed E-state index contributed by atoms with van der Waals surface area (Å²) in [6.07, 6.45) is 9.88. The van der Waals surface area contributed by atoms with E-state index in [4.69, 9.17) is 14.9 Å². The van der Waals surface area contributed by atoms with Gasteiger partial charge in [-0.2, -0.15) is 0 Å². The van der Waals surface area contributed by atoms with Crippen LogP contribution in [-0.4, -0.2) is 28.8 Å². The van der Waals surface area contributed by atoms with Gasteiger partial charge in [0.2, 0.25) is 0 Å². The summed E-state index contributed by atoms with van der Waals surface area (Å²) in [7, 11) is 0. The van der Waals surface area contributed by atoms with Crippen molar-refractivity contribution in [3.8, 4) is 5.75 Å². The molecule has 0 aliphatic rings. The standard InChI is InChI=1S/C33H40O5/c34-32(35)18-5-4-13-27(24-29-19-21-30(22-20-29)33(36)37)14-8-15-28-16-9-17-31(25-28)38-23-7-6-12-26-10-2-1-3-11-26/h1-3,9-11,16-17,19-22,25,27H,4-8,12-15,18,23-24H2,(H,34,35)(H,36,37). The van der Waals surface area contributed by atoms with Crippen molar-refractivity contribution in [3.63, 3.8) is 0 Å². The number of unbranched alkanes of at least 4 members (excludes halogenated alkanes) is 2.